The summed E-state index contributed by atoms with van der Waals surface area (Å²) in [5.74, 6) is 0. The molecule has 0 atom stereocenters. The van der Waals surface area contributed by atoms with E-state index < -0.39 is 0 Å². The van der Waals surface area contributed by atoms with Crippen molar-refractivity contribution in [1.82, 2.24) is 0 Å². The highest BCUT2D eigenvalue weighted by Gasteiger charge is 2.36. The third-order valence-electron chi connectivity index (χ3n) is 11.0. The van der Waals surface area contributed by atoms with E-state index in [4.69, 9.17) is 0 Å². The molecule has 0 bridgehead atoms. The number of anilines is 6. The normalized spacial score (nSPS) is 12.9. The minimum Gasteiger partial charge on any atom is -0.310 e. The monoisotopic (exact) mass is 690 g/mol. The molecule has 0 unspecified atom stereocenters. The maximum atomic E-state index is 2.46. The zero-order valence-corrected chi connectivity index (χ0v) is 32.9. The van der Waals surface area contributed by atoms with Crippen LogP contribution in [0.15, 0.2) is 121 Å². The van der Waals surface area contributed by atoms with Crippen molar-refractivity contribution in [3.63, 3.8) is 0 Å². The summed E-state index contributed by atoms with van der Waals surface area (Å²) >= 11 is 0. The molecule has 0 saturated carbocycles. The van der Waals surface area contributed by atoms with Gasteiger partial charge in [-0.15, -0.1) is 0 Å². The molecule has 2 nitrogen and oxygen atoms in total. The molecule has 1 aliphatic carbocycles. The van der Waals surface area contributed by atoms with Crippen LogP contribution in [0.3, 0.4) is 0 Å². The Morgan fingerprint density at radius 1 is 0.302 bits per heavy atom. The van der Waals surface area contributed by atoms with Gasteiger partial charge in [0.15, 0.2) is 0 Å². The van der Waals surface area contributed by atoms with Gasteiger partial charge in [-0.2, -0.15) is 0 Å². The van der Waals surface area contributed by atoms with Crippen LogP contribution < -0.4 is 9.80 Å². The van der Waals surface area contributed by atoms with Crippen molar-refractivity contribution < 1.29 is 0 Å². The molecule has 0 radical (unpaired) electrons. The summed E-state index contributed by atoms with van der Waals surface area (Å²) in [5, 5.41) is 2.52. The minimum absolute atomic E-state index is 0.178. The van der Waals surface area contributed by atoms with Crippen LogP contribution in [0.4, 0.5) is 34.1 Å². The fourth-order valence-electron chi connectivity index (χ4n) is 8.95. The largest absolute Gasteiger partial charge is 0.310 e. The van der Waals surface area contributed by atoms with E-state index in [0.29, 0.717) is 0 Å². The third kappa shape index (κ3) is 6.31. The van der Waals surface area contributed by atoms with E-state index in [1.54, 1.807) is 0 Å². The first kappa shape index (κ1) is 34.5. The zero-order valence-electron chi connectivity index (χ0n) is 32.9. The van der Waals surface area contributed by atoms with Crippen LogP contribution in [0.5, 0.6) is 0 Å². The van der Waals surface area contributed by atoms with Gasteiger partial charge in [-0.25, -0.2) is 0 Å². The molecule has 7 aromatic rings. The van der Waals surface area contributed by atoms with E-state index in [2.05, 4.69) is 200 Å². The fraction of sp³-hybridized carbons (Fsp3) is 0.216. The number of hydrogen-bond acceptors (Lipinski definition) is 2. The first-order valence-electron chi connectivity index (χ1n) is 18.9. The van der Waals surface area contributed by atoms with Crippen molar-refractivity contribution in [3.8, 4) is 11.1 Å². The van der Waals surface area contributed by atoms with Crippen LogP contribution in [0, 0.1) is 55.4 Å². The summed E-state index contributed by atoms with van der Waals surface area (Å²) < 4.78 is 0. The van der Waals surface area contributed by atoms with Gasteiger partial charge < -0.3 is 9.80 Å². The van der Waals surface area contributed by atoms with E-state index in [-0.39, 0.29) is 5.41 Å². The number of nitrogens with zero attached hydrogens (tertiary/aromatic N) is 2. The smallest absolute Gasteiger partial charge is 0.0468 e. The van der Waals surface area contributed by atoms with Gasteiger partial charge in [0.05, 0.1) is 0 Å². The van der Waals surface area contributed by atoms with Gasteiger partial charge in [0.25, 0.3) is 0 Å². The Morgan fingerprint density at radius 2 is 0.660 bits per heavy atom. The molecule has 1 aliphatic rings. The molecule has 0 saturated heterocycles. The molecule has 0 spiro atoms. The molecule has 0 aliphatic heterocycles. The summed E-state index contributed by atoms with van der Waals surface area (Å²) in [4.78, 5) is 4.87. The Balaban J connectivity index is 1.26. The fourth-order valence-corrected chi connectivity index (χ4v) is 8.95. The number of hydrogen-bond donors (Lipinski definition) is 0. The number of aryl methyl sites for hydroxylation is 8. The summed E-state index contributed by atoms with van der Waals surface area (Å²) in [6.45, 7) is 22.3. The lowest BCUT2D eigenvalue weighted by Crippen LogP contribution is -2.17. The maximum absolute atomic E-state index is 2.46. The minimum atomic E-state index is -0.178. The van der Waals surface area contributed by atoms with E-state index in [1.807, 2.05) is 0 Å². The van der Waals surface area contributed by atoms with E-state index in [0.717, 1.165) is 0 Å². The molecular weight excluding hydrogens is 641 g/mol. The quantitative estimate of drug-likeness (QED) is 0.171. The van der Waals surface area contributed by atoms with Crippen molar-refractivity contribution in [1.29, 1.82) is 0 Å². The van der Waals surface area contributed by atoms with Gasteiger partial charge >= 0.3 is 0 Å². The molecule has 53 heavy (non-hydrogen) atoms. The van der Waals surface area contributed by atoms with Gasteiger partial charge in [0, 0.05) is 39.5 Å². The van der Waals surface area contributed by atoms with E-state index in [9.17, 15) is 0 Å². The summed E-state index contributed by atoms with van der Waals surface area (Å²) in [6.07, 6.45) is 0. The zero-order chi connectivity index (χ0) is 37.3. The first-order valence-corrected chi connectivity index (χ1v) is 18.9. The second-order valence-corrected chi connectivity index (χ2v) is 16.3. The third-order valence-corrected chi connectivity index (χ3v) is 11.0. The second-order valence-electron chi connectivity index (χ2n) is 16.3. The Labute approximate surface area is 316 Å². The van der Waals surface area contributed by atoms with Crippen molar-refractivity contribution in [3.05, 3.63) is 177 Å². The maximum Gasteiger partial charge on any atom is 0.0468 e. The lowest BCUT2D eigenvalue weighted by atomic mass is 9.81. The predicted molar refractivity (Wildman–Crippen MR) is 229 cm³/mol. The van der Waals surface area contributed by atoms with Crippen LogP contribution in [0.25, 0.3) is 21.9 Å². The summed E-state index contributed by atoms with van der Waals surface area (Å²) in [7, 11) is 0. The van der Waals surface area contributed by atoms with Crippen molar-refractivity contribution in [2.24, 2.45) is 0 Å². The first-order chi connectivity index (χ1) is 25.2. The van der Waals surface area contributed by atoms with Crippen LogP contribution >= 0.6 is 0 Å². The molecule has 0 N–H and O–H groups in total. The highest BCUT2D eigenvalue weighted by atomic mass is 15.1. The van der Waals surface area contributed by atoms with Crippen LogP contribution in [-0.2, 0) is 5.41 Å². The molecule has 2 heteroatoms. The van der Waals surface area contributed by atoms with E-state index in [1.165, 1.54) is 112 Å². The topological polar surface area (TPSA) is 6.48 Å². The average molecular weight is 691 g/mol. The molecule has 0 aromatic heterocycles. The van der Waals surface area contributed by atoms with E-state index >= 15 is 0 Å². The van der Waals surface area contributed by atoms with Gasteiger partial charge in [-0.05, 0) is 218 Å². The van der Waals surface area contributed by atoms with Gasteiger partial charge in [0.2, 0.25) is 0 Å². The second kappa shape index (κ2) is 12.8. The lowest BCUT2D eigenvalue weighted by Gasteiger charge is -2.29. The van der Waals surface area contributed by atoms with Gasteiger partial charge in [0.1, 0.15) is 0 Å². The van der Waals surface area contributed by atoms with Crippen LogP contribution in [0.1, 0.15) is 69.5 Å². The number of benzene rings is 7. The standard InChI is InChI=1S/C51H50N2/c1-31-15-32(2)20-43(19-31)52(44-21-33(3)16-34(4)22-44)41-12-11-39-28-48-47-14-13-42(30-50(47)51(9,10)49(48)29-40(39)27-41)53(45-23-35(5)17-36(6)24-45)46-25-37(7)18-38(8)26-46/h11-30H,1-10H3. The van der Waals surface area contributed by atoms with Gasteiger partial charge in [-0.1, -0.05) is 50.2 Å². The Bertz CT molecular complexity index is 2400. The Kier molecular flexibility index (Phi) is 8.34. The molecule has 0 heterocycles. The highest BCUT2D eigenvalue weighted by molar-refractivity contribution is 5.97. The predicted octanol–water partition coefficient (Wildman–Crippen LogP) is 14.6. The van der Waals surface area contributed by atoms with Crippen molar-refractivity contribution in [2.75, 3.05) is 9.80 Å². The molecule has 0 fully saturated rings. The molecule has 8 rings (SSSR count). The number of fused-ring (bicyclic) bond motifs is 4. The molecular formula is C51H50N2. The van der Waals surface area contributed by atoms with Crippen molar-refractivity contribution >= 4 is 44.9 Å². The Morgan fingerprint density at radius 3 is 1.08 bits per heavy atom. The van der Waals surface area contributed by atoms with Crippen LogP contribution in [0.2, 0.25) is 0 Å². The molecule has 0 amide bonds. The van der Waals surface area contributed by atoms with Crippen LogP contribution in [-0.4, -0.2) is 0 Å². The van der Waals surface area contributed by atoms with Gasteiger partial charge in [-0.3, -0.25) is 0 Å². The molecule has 7 aromatic carbocycles. The SMILES string of the molecule is Cc1cc(C)cc(N(c2cc(C)cc(C)c2)c2ccc3c(c2)C(C)(C)c2cc4cc(N(c5cc(C)cc(C)c5)c5cc(C)cc(C)c5)ccc4cc2-3)c1. The van der Waals surface area contributed by atoms with Crippen molar-refractivity contribution in [2.45, 2.75) is 74.7 Å². The average Bonchev–Trinajstić information content (AvgIpc) is 3.27. The lowest BCUT2D eigenvalue weighted by molar-refractivity contribution is 0.661. The summed E-state index contributed by atoms with van der Waals surface area (Å²) in [5.41, 5.74) is 22.5. The molecule has 264 valence electrons. The number of rotatable bonds is 6. The highest BCUT2D eigenvalue weighted by Crippen LogP contribution is 2.52. The Hall–Kier alpha value is -5.60. The summed E-state index contributed by atoms with van der Waals surface area (Å²) in [6, 6.07) is 46.4.